The highest BCUT2D eigenvalue weighted by molar-refractivity contribution is 7.99. The van der Waals surface area contributed by atoms with Crippen LogP contribution in [0, 0.1) is 5.82 Å². The molecular formula is C20H18FN3O4S2. The molecule has 1 aromatic heterocycles. The van der Waals surface area contributed by atoms with Gasteiger partial charge in [0.1, 0.15) is 5.82 Å². The van der Waals surface area contributed by atoms with Gasteiger partial charge in [-0.25, -0.2) is 12.8 Å². The van der Waals surface area contributed by atoms with Crippen molar-refractivity contribution < 1.29 is 22.0 Å². The molecule has 0 aliphatic carbocycles. The van der Waals surface area contributed by atoms with Crippen LogP contribution >= 0.6 is 11.8 Å². The molecule has 0 unspecified atom stereocenters. The van der Waals surface area contributed by atoms with Gasteiger partial charge in [-0.05, 0) is 55.3 Å². The standard InChI is InChI=1S/C20H18FN3O4S2/c21-16-8-6-14(7-9-16)18(25)13-29-20-23-22-19(28-20)15-4-3-5-17(12-15)30(26,27)24-10-1-2-11-24/h3-9,12H,1-2,10-11,13H2. The van der Waals surface area contributed by atoms with E-state index in [1.807, 2.05) is 0 Å². The van der Waals surface area contributed by atoms with Crippen molar-refractivity contribution in [3.8, 4) is 11.5 Å². The van der Waals surface area contributed by atoms with E-state index in [0.29, 0.717) is 24.2 Å². The molecule has 0 radical (unpaired) electrons. The van der Waals surface area contributed by atoms with Crippen LogP contribution < -0.4 is 0 Å². The zero-order valence-corrected chi connectivity index (χ0v) is 17.5. The highest BCUT2D eigenvalue weighted by Gasteiger charge is 2.27. The number of nitrogens with zero attached hydrogens (tertiary/aromatic N) is 3. The average molecular weight is 448 g/mol. The number of carbonyl (C=O) groups is 1. The lowest BCUT2D eigenvalue weighted by Gasteiger charge is -2.15. The smallest absolute Gasteiger partial charge is 0.277 e. The van der Waals surface area contributed by atoms with Crippen LogP contribution in [-0.4, -0.2) is 47.5 Å². The summed E-state index contributed by atoms with van der Waals surface area (Å²) in [6.45, 7) is 1.05. The van der Waals surface area contributed by atoms with E-state index in [4.69, 9.17) is 4.42 Å². The third-order valence-corrected chi connectivity index (χ3v) is 7.40. The molecule has 4 rings (SSSR count). The monoisotopic (exact) mass is 447 g/mol. The molecule has 3 aromatic rings. The van der Waals surface area contributed by atoms with Crippen molar-refractivity contribution in [1.82, 2.24) is 14.5 Å². The number of benzene rings is 2. The molecule has 156 valence electrons. The number of sulfonamides is 1. The highest BCUT2D eigenvalue weighted by Crippen LogP contribution is 2.27. The second-order valence-electron chi connectivity index (χ2n) is 6.73. The Morgan fingerprint density at radius 1 is 1.10 bits per heavy atom. The van der Waals surface area contributed by atoms with E-state index in [1.54, 1.807) is 18.2 Å². The second kappa shape index (κ2) is 8.66. The molecule has 1 saturated heterocycles. The topological polar surface area (TPSA) is 93.4 Å². The summed E-state index contributed by atoms with van der Waals surface area (Å²) in [7, 11) is -3.55. The maximum atomic E-state index is 13.0. The van der Waals surface area contributed by atoms with Crippen molar-refractivity contribution in [3.05, 3.63) is 59.9 Å². The summed E-state index contributed by atoms with van der Waals surface area (Å²) in [5.74, 6) is -0.380. The van der Waals surface area contributed by atoms with Gasteiger partial charge in [0.25, 0.3) is 5.22 Å². The van der Waals surface area contributed by atoms with E-state index < -0.39 is 15.8 Å². The van der Waals surface area contributed by atoms with Crippen LogP contribution in [0.4, 0.5) is 4.39 Å². The third-order valence-electron chi connectivity index (χ3n) is 4.68. The Balaban J connectivity index is 1.46. The minimum Gasteiger partial charge on any atom is -0.411 e. The molecular weight excluding hydrogens is 429 g/mol. The second-order valence-corrected chi connectivity index (χ2v) is 9.60. The van der Waals surface area contributed by atoms with Gasteiger partial charge in [-0.2, -0.15) is 4.31 Å². The molecule has 1 fully saturated rings. The van der Waals surface area contributed by atoms with E-state index in [-0.39, 0.29) is 27.5 Å². The molecule has 30 heavy (non-hydrogen) atoms. The summed E-state index contributed by atoms with van der Waals surface area (Å²) >= 11 is 1.06. The SMILES string of the molecule is O=C(CSc1nnc(-c2cccc(S(=O)(=O)N3CCCC3)c2)o1)c1ccc(F)cc1. The molecule has 2 heterocycles. The lowest BCUT2D eigenvalue weighted by atomic mass is 10.1. The summed E-state index contributed by atoms with van der Waals surface area (Å²) in [4.78, 5) is 12.4. The molecule has 0 N–H and O–H groups in total. The lowest BCUT2D eigenvalue weighted by molar-refractivity contribution is 0.102. The number of Topliss-reactive ketones (excluding diaryl/α,β-unsaturated/α-hetero) is 1. The molecule has 10 heteroatoms. The molecule has 0 atom stereocenters. The van der Waals surface area contributed by atoms with Crippen molar-refractivity contribution in [1.29, 1.82) is 0 Å². The van der Waals surface area contributed by atoms with Crippen LogP contribution in [-0.2, 0) is 10.0 Å². The zero-order valence-electron chi connectivity index (χ0n) is 15.8. The predicted molar refractivity (Wildman–Crippen MR) is 109 cm³/mol. The van der Waals surface area contributed by atoms with Crippen LogP contribution in [0.25, 0.3) is 11.5 Å². The van der Waals surface area contributed by atoms with E-state index in [1.165, 1.54) is 34.6 Å². The Labute approximate surface area is 177 Å². The van der Waals surface area contributed by atoms with Gasteiger partial charge in [-0.3, -0.25) is 4.79 Å². The number of halogens is 1. The van der Waals surface area contributed by atoms with E-state index in [9.17, 15) is 17.6 Å². The first-order valence-corrected chi connectivity index (χ1v) is 11.7. The molecule has 0 amide bonds. The summed E-state index contributed by atoms with van der Waals surface area (Å²) in [5.41, 5.74) is 0.878. The van der Waals surface area contributed by atoms with Gasteiger partial charge in [-0.15, -0.1) is 10.2 Å². The fourth-order valence-electron chi connectivity index (χ4n) is 3.10. The summed E-state index contributed by atoms with van der Waals surface area (Å²) < 4.78 is 45.5. The van der Waals surface area contributed by atoms with Gasteiger partial charge in [0, 0.05) is 24.2 Å². The maximum absolute atomic E-state index is 13.0. The predicted octanol–water partition coefficient (Wildman–Crippen LogP) is 3.64. The zero-order chi connectivity index (χ0) is 21.1. The van der Waals surface area contributed by atoms with Gasteiger partial charge in [-0.1, -0.05) is 17.8 Å². The van der Waals surface area contributed by atoms with Crippen LogP contribution in [0.5, 0.6) is 0 Å². The number of rotatable bonds is 7. The Hall–Kier alpha value is -2.56. The van der Waals surface area contributed by atoms with Crippen LogP contribution in [0.2, 0.25) is 0 Å². The van der Waals surface area contributed by atoms with E-state index in [2.05, 4.69) is 10.2 Å². The molecule has 0 spiro atoms. The Morgan fingerprint density at radius 2 is 1.83 bits per heavy atom. The van der Waals surface area contributed by atoms with Gasteiger partial charge in [0.15, 0.2) is 5.78 Å². The maximum Gasteiger partial charge on any atom is 0.277 e. The lowest BCUT2D eigenvalue weighted by Crippen LogP contribution is -2.27. The minimum atomic E-state index is -3.55. The van der Waals surface area contributed by atoms with Crippen molar-refractivity contribution in [2.24, 2.45) is 0 Å². The van der Waals surface area contributed by atoms with Gasteiger partial charge in [0.05, 0.1) is 10.6 Å². The van der Waals surface area contributed by atoms with Gasteiger partial charge < -0.3 is 4.42 Å². The largest absolute Gasteiger partial charge is 0.411 e. The van der Waals surface area contributed by atoms with Gasteiger partial charge >= 0.3 is 0 Å². The molecule has 0 bridgehead atoms. The first kappa shape index (κ1) is 20.7. The van der Waals surface area contributed by atoms with Gasteiger partial charge in [0.2, 0.25) is 15.9 Å². The van der Waals surface area contributed by atoms with Crippen molar-refractivity contribution in [2.45, 2.75) is 23.0 Å². The number of hydrogen-bond acceptors (Lipinski definition) is 7. The molecule has 0 saturated carbocycles. The molecule has 1 aliphatic rings. The van der Waals surface area contributed by atoms with Crippen molar-refractivity contribution in [2.75, 3.05) is 18.8 Å². The first-order valence-electron chi connectivity index (χ1n) is 9.29. The Kier molecular flexibility index (Phi) is 5.98. The fraction of sp³-hybridized carbons (Fsp3) is 0.250. The first-order chi connectivity index (χ1) is 14.4. The minimum absolute atomic E-state index is 0.0522. The van der Waals surface area contributed by atoms with E-state index in [0.717, 1.165) is 24.6 Å². The quantitative estimate of drug-likeness (QED) is 0.403. The summed E-state index contributed by atoms with van der Waals surface area (Å²) in [6, 6.07) is 11.7. The number of ketones is 1. The van der Waals surface area contributed by atoms with Crippen LogP contribution in [0.3, 0.4) is 0 Å². The van der Waals surface area contributed by atoms with Crippen molar-refractivity contribution in [3.63, 3.8) is 0 Å². The summed E-state index contributed by atoms with van der Waals surface area (Å²) in [5, 5.41) is 8.07. The normalized spacial score (nSPS) is 14.8. The number of hydrogen-bond donors (Lipinski definition) is 0. The highest BCUT2D eigenvalue weighted by atomic mass is 32.2. The van der Waals surface area contributed by atoms with Crippen LogP contribution in [0.15, 0.2) is 63.1 Å². The Bertz CT molecular complexity index is 1160. The Morgan fingerprint density at radius 3 is 2.57 bits per heavy atom. The van der Waals surface area contributed by atoms with Crippen LogP contribution in [0.1, 0.15) is 23.2 Å². The molecule has 7 nitrogen and oxygen atoms in total. The third kappa shape index (κ3) is 4.45. The van der Waals surface area contributed by atoms with Crippen molar-refractivity contribution >= 4 is 27.6 Å². The average Bonchev–Trinajstić information content (AvgIpc) is 3.45. The number of aromatic nitrogens is 2. The fourth-order valence-corrected chi connectivity index (χ4v) is 5.32. The number of carbonyl (C=O) groups excluding carboxylic acids is 1. The van der Waals surface area contributed by atoms with E-state index >= 15 is 0 Å². The molecule has 2 aromatic carbocycles. The molecule has 1 aliphatic heterocycles. The summed E-state index contributed by atoms with van der Waals surface area (Å²) in [6.07, 6.45) is 1.72. The number of thioether (sulfide) groups is 1.